The van der Waals surface area contributed by atoms with E-state index in [0.717, 1.165) is 13.0 Å². The van der Waals surface area contributed by atoms with Crippen molar-refractivity contribution in [2.24, 2.45) is 0 Å². The summed E-state index contributed by atoms with van der Waals surface area (Å²) in [4.78, 5) is 21.5. The highest BCUT2D eigenvalue weighted by Crippen LogP contribution is 2.21. The molecule has 0 spiro atoms. The zero-order chi connectivity index (χ0) is 13.7. The molecule has 1 aliphatic rings. The average molecular weight is 263 g/mol. The molecule has 0 amide bonds. The van der Waals surface area contributed by atoms with Crippen LogP contribution in [-0.4, -0.2) is 38.5 Å². The summed E-state index contributed by atoms with van der Waals surface area (Å²) in [7, 11) is 0. The second-order valence-electron chi connectivity index (χ2n) is 5.07. The van der Waals surface area contributed by atoms with Crippen LogP contribution in [0.5, 0.6) is 0 Å². The molecule has 1 aliphatic heterocycles. The summed E-state index contributed by atoms with van der Waals surface area (Å²) >= 11 is 0. The van der Waals surface area contributed by atoms with Gasteiger partial charge in [-0.1, -0.05) is 19.8 Å². The van der Waals surface area contributed by atoms with E-state index < -0.39 is 5.97 Å². The minimum absolute atomic E-state index is 0.224. The van der Waals surface area contributed by atoms with E-state index in [0.29, 0.717) is 18.3 Å². The number of aromatic carboxylic acids is 1. The van der Waals surface area contributed by atoms with Crippen molar-refractivity contribution in [3.05, 3.63) is 23.8 Å². The lowest BCUT2D eigenvalue weighted by Crippen LogP contribution is -2.34. The summed E-state index contributed by atoms with van der Waals surface area (Å²) in [6, 6.07) is 0.541. The lowest BCUT2D eigenvalue weighted by molar-refractivity contribution is 0.0692. The van der Waals surface area contributed by atoms with Gasteiger partial charge in [0.25, 0.3) is 0 Å². The van der Waals surface area contributed by atoms with Crippen molar-refractivity contribution in [1.29, 1.82) is 0 Å². The SMILES string of the molecule is CCC1CCCCCN1Cc1ncncc1C(=O)O. The molecule has 0 aliphatic carbocycles. The Morgan fingerprint density at radius 1 is 1.47 bits per heavy atom. The third kappa shape index (κ3) is 3.50. The van der Waals surface area contributed by atoms with Gasteiger partial charge in [-0.15, -0.1) is 0 Å². The molecule has 0 saturated carbocycles. The molecule has 104 valence electrons. The van der Waals surface area contributed by atoms with E-state index >= 15 is 0 Å². The third-order valence-corrected chi connectivity index (χ3v) is 3.85. The van der Waals surface area contributed by atoms with Gasteiger partial charge in [-0.25, -0.2) is 14.8 Å². The summed E-state index contributed by atoms with van der Waals surface area (Å²) in [5.41, 5.74) is 0.851. The van der Waals surface area contributed by atoms with Crippen LogP contribution in [0.2, 0.25) is 0 Å². The molecule has 1 aromatic heterocycles. The molecule has 5 nitrogen and oxygen atoms in total. The Kier molecular flexibility index (Phi) is 4.85. The standard InChI is InChI=1S/C14H21N3O2/c1-2-11-6-4-3-5-7-17(11)9-13-12(14(18)19)8-15-10-16-13/h8,10-11H,2-7,9H2,1H3,(H,18,19). The first-order chi connectivity index (χ1) is 9.22. The molecule has 2 heterocycles. The van der Waals surface area contributed by atoms with E-state index in [2.05, 4.69) is 21.8 Å². The van der Waals surface area contributed by atoms with E-state index in [1.165, 1.54) is 38.2 Å². The second kappa shape index (κ2) is 6.61. The number of hydrogen-bond donors (Lipinski definition) is 1. The largest absolute Gasteiger partial charge is 0.478 e. The van der Waals surface area contributed by atoms with Crippen LogP contribution in [0, 0.1) is 0 Å². The maximum atomic E-state index is 11.2. The van der Waals surface area contributed by atoms with E-state index in [1.54, 1.807) is 0 Å². The summed E-state index contributed by atoms with van der Waals surface area (Å²) in [5.74, 6) is -0.946. The predicted octanol–water partition coefficient (Wildman–Crippen LogP) is 2.33. The summed E-state index contributed by atoms with van der Waals surface area (Å²) in [5, 5.41) is 9.18. The van der Waals surface area contributed by atoms with Crippen molar-refractivity contribution in [2.75, 3.05) is 6.54 Å². The van der Waals surface area contributed by atoms with Crippen LogP contribution in [0.4, 0.5) is 0 Å². The van der Waals surface area contributed by atoms with E-state index in [-0.39, 0.29) is 5.56 Å². The normalized spacial score (nSPS) is 21.0. The molecule has 5 heteroatoms. The number of carboxylic acid groups (broad SMARTS) is 1. The number of carbonyl (C=O) groups is 1. The first-order valence-electron chi connectivity index (χ1n) is 6.98. The molecule has 0 radical (unpaired) electrons. The zero-order valence-corrected chi connectivity index (χ0v) is 11.4. The maximum absolute atomic E-state index is 11.2. The quantitative estimate of drug-likeness (QED) is 0.903. The van der Waals surface area contributed by atoms with Crippen LogP contribution < -0.4 is 0 Å². The Bertz CT molecular complexity index is 436. The van der Waals surface area contributed by atoms with Crippen molar-refractivity contribution < 1.29 is 9.90 Å². The van der Waals surface area contributed by atoms with Gasteiger partial charge >= 0.3 is 5.97 Å². The van der Waals surface area contributed by atoms with Gasteiger partial charge in [0.2, 0.25) is 0 Å². The van der Waals surface area contributed by atoms with Gasteiger partial charge in [-0.05, 0) is 25.8 Å². The van der Waals surface area contributed by atoms with E-state index in [4.69, 9.17) is 0 Å². The average Bonchev–Trinajstić information content (AvgIpc) is 2.64. The molecule has 1 unspecified atom stereocenters. The van der Waals surface area contributed by atoms with Crippen molar-refractivity contribution >= 4 is 5.97 Å². The van der Waals surface area contributed by atoms with E-state index in [9.17, 15) is 9.90 Å². The zero-order valence-electron chi connectivity index (χ0n) is 11.4. The van der Waals surface area contributed by atoms with Crippen LogP contribution in [0.25, 0.3) is 0 Å². The van der Waals surface area contributed by atoms with Crippen LogP contribution >= 0.6 is 0 Å². The highest BCUT2D eigenvalue weighted by Gasteiger charge is 2.22. The minimum atomic E-state index is -0.946. The lowest BCUT2D eigenvalue weighted by Gasteiger charge is -2.28. The number of aromatic nitrogens is 2. The van der Waals surface area contributed by atoms with Gasteiger partial charge < -0.3 is 5.11 Å². The van der Waals surface area contributed by atoms with Crippen molar-refractivity contribution in [3.8, 4) is 0 Å². The molecule has 2 rings (SSSR count). The molecule has 1 aromatic rings. The molecular formula is C14H21N3O2. The fraction of sp³-hybridized carbons (Fsp3) is 0.643. The minimum Gasteiger partial charge on any atom is -0.478 e. The maximum Gasteiger partial charge on any atom is 0.339 e. The Morgan fingerprint density at radius 3 is 3.05 bits per heavy atom. The summed E-state index contributed by atoms with van der Waals surface area (Å²) in [6.07, 6.45) is 8.85. The highest BCUT2D eigenvalue weighted by molar-refractivity contribution is 5.88. The van der Waals surface area contributed by atoms with Gasteiger partial charge in [-0.2, -0.15) is 0 Å². The van der Waals surface area contributed by atoms with Crippen LogP contribution in [0.15, 0.2) is 12.5 Å². The van der Waals surface area contributed by atoms with Crippen molar-refractivity contribution in [2.45, 2.75) is 51.6 Å². The number of rotatable bonds is 4. The molecule has 0 aromatic carbocycles. The first-order valence-corrected chi connectivity index (χ1v) is 6.98. The Morgan fingerprint density at radius 2 is 2.32 bits per heavy atom. The molecule has 1 atom stereocenters. The fourth-order valence-electron chi connectivity index (χ4n) is 2.76. The predicted molar refractivity (Wildman–Crippen MR) is 71.9 cm³/mol. The van der Waals surface area contributed by atoms with Gasteiger partial charge in [0, 0.05) is 18.8 Å². The summed E-state index contributed by atoms with van der Waals surface area (Å²) in [6.45, 7) is 3.84. The lowest BCUT2D eigenvalue weighted by atomic mass is 10.1. The molecule has 1 N–H and O–H groups in total. The second-order valence-corrected chi connectivity index (χ2v) is 5.07. The number of carboxylic acids is 1. The number of nitrogens with zero attached hydrogens (tertiary/aromatic N) is 3. The van der Waals surface area contributed by atoms with Gasteiger partial charge in [0.05, 0.1) is 5.69 Å². The van der Waals surface area contributed by atoms with Crippen LogP contribution in [0.3, 0.4) is 0 Å². The monoisotopic (exact) mass is 263 g/mol. The molecule has 19 heavy (non-hydrogen) atoms. The summed E-state index contributed by atoms with van der Waals surface area (Å²) < 4.78 is 0. The number of likely N-dealkylation sites (tertiary alicyclic amines) is 1. The Balaban J connectivity index is 2.16. The smallest absolute Gasteiger partial charge is 0.339 e. The molecule has 1 fully saturated rings. The molecule has 0 bridgehead atoms. The topological polar surface area (TPSA) is 66.3 Å². The molecular weight excluding hydrogens is 242 g/mol. The van der Waals surface area contributed by atoms with Crippen molar-refractivity contribution in [3.63, 3.8) is 0 Å². The van der Waals surface area contributed by atoms with Gasteiger partial charge in [0.15, 0.2) is 0 Å². The molecule has 1 saturated heterocycles. The highest BCUT2D eigenvalue weighted by atomic mass is 16.4. The van der Waals surface area contributed by atoms with Crippen LogP contribution in [0.1, 0.15) is 55.1 Å². The van der Waals surface area contributed by atoms with Gasteiger partial charge in [-0.3, -0.25) is 4.90 Å². The van der Waals surface area contributed by atoms with E-state index in [1.807, 2.05) is 0 Å². The third-order valence-electron chi connectivity index (χ3n) is 3.85. The van der Waals surface area contributed by atoms with Crippen molar-refractivity contribution in [1.82, 2.24) is 14.9 Å². The Hall–Kier alpha value is -1.49. The fourth-order valence-corrected chi connectivity index (χ4v) is 2.76. The van der Waals surface area contributed by atoms with Gasteiger partial charge in [0.1, 0.15) is 11.9 Å². The van der Waals surface area contributed by atoms with Crippen LogP contribution in [-0.2, 0) is 6.54 Å². The number of hydrogen-bond acceptors (Lipinski definition) is 4. The first kappa shape index (κ1) is 13.9. The Labute approximate surface area is 113 Å².